The molecule has 0 saturated carbocycles. The summed E-state index contributed by atoms with van der Waals surface area (Å²) in [5.74, 6) is -0.182. The average molecular weight is 310 g/mol. The number of aromatic nitrogens is 2. The van der Waals surface area contributed by atoms with Crippen molar-refractivity contribution >= 4 is 28.1 Å². The second kappa shape index (κ2) is 5.95. The molecule has 0 fully saturated rings. The molecule has 0 saturated heterocycles. The fourth-order valence-electron chi connectivity index (χ4n) is 2.01. The third-order valence-corrected chi connectivity index (χ3v) is 4.08. The summed E-state index contributed by atoms with van der Waals surface area (Å²) in [6.45, 7) is 1.90. The van der Waals surface area contributed by atoms with E-state index in [4.69, 9.17) is 5.73 Å². The second-order valence-corrected chi connectivity index (χ2v) is 5.78. The van der Waals surface area contributed by atoms with Gasteiger partial charge in [0, 0.05) is 16.8 Å². The highest BCUT2D eigenvalue weighted by Gasteiger charge is 2.12. The molecule has 2 aromatic carbocycles. The van der Waals surface area contributed by atoms with Gasteiger partial charge in [0.1, 0.15) is 5.01 Å². The van der Waals surface area contributed by atoms with E-state index in [1.165, 1.54) is 11.3 Å². The van der Waals surface area contributed by atoms with Crippen molar-refractivity contribution < 1.29 is 4.79 Å². The van der Waals surface area contributed by atoms with Crippen LogP contribution in [0.15, 0.2) is 48.5 Å². The third kappa shape index (κ3) is 2.96. The number of nitrogen functional groups attached to an aromatic ring is 1. The molecule has 22 heavy (non-hydrogen) atoms. The van der Waals surface area contributed by atoms with Gasteiger partial charge < -0.3 is 5.73 Å². The molecule has 0 atom stereocenters. The Hall–Kier alpha value is -2.73. The van der Waals surface area contributed by atoms with Crippen LogP contribution < -0.4 is 11.1 Å². The largest absolute Gasteiger partial charge is 0.399 e. The van der Waals surface area contributed by atoms with Crippen LogP contribution in [-0.2, 0) is 0 Å². The van der Waals surface area contributed by atoms with Gasteiger partial charge in [-0.05, 0) is 42.8 Å². The molecular formula is C16H14N4OS. The van der Waals surface area contributed by atoms with E-state index in [0.717, 1.165) is 16.1 Å². The fraction of sp³-hybridized carbons (Fsp3) is 0.0625. The van der Waals surface area contributed by atoms with Crippen molar-refractivity contribution in [2.24, 2.45) is 0 Å². The number of aryl methyl sites for hydroxylation is 1. The van der Waals surface area contributed by atoms with Crippen molar-refractivity contribution in [1.82, 2.24) is 10.2 Å². The van der Waals surface area contributed by atoms with E-state index in [-0.39, 0.29) is 5.91 Å². The first-order chi connectivity index (χ1) is 10.6. The fourth-order valence-corrected chi connectivity index (χ4v) is 2.75. The van der Waals surface area contributed by atoms with Crippen molar-refractivity contribution in [3.63, 3.8) is 0 Å². The van der Waals surface area contributed by atoms with E-state index >= 15 is 0 Å². The SMILES string of the molecule is Cc1ccccc1C(=O)Nc1nnc(-c2ccc(N)cc2)s1. The van der Waals surface area contributed by atoms with Gasteiger partial charge in [-0.1, -0.05) is 29.5 Å². The van der Waals surface area contributed by atoms with Crippen molar-refractivity contribution in [3.05, 3.63) is 59.7 Å². The number of anilines is 2. The minimum absolute atomic E-state index is 0.182. The zero-order chi connectivity index (χ0) is 15.5. The first-order valence-electron chi connectivity index (χ1n) is 6.70. The Bertz CT molecular complexity index is 811. The summed E-state index contributed by atoms with van der Waals surface area (Å²) < 4.78 is 0. The molecule has 6 heteroatoms. The van der Waals surface area contributed by atoms with Crippen molar-refractivity contribution in [2.75, 3.05) is 11.1 Å². The smallest absolute Gasteiger partial charge is 0.257 e. The van der Waals surface area contributed by atoms with E-state index in [1.807, 2.05) is 49.4 Å². The zero-order valence-corrected chi connectivity index (χ0v) is 12.7. The van der Waals surface area contributed by atoms with E-state index in [0.29, 0.717) is 16.4 Å². The topological polar surface area (TPSA) is 80.9 Å². The Labute approximate surface area is 131 Å². The lowest BCUT2D eigenvalue weighted by Crippen LogP contribution is -2.12. The Balaban J connectivity index is 1.78. The lowest BCUT2D eigenvalue weighted by molar-refractivity contribution is 0.102. The maximum absolute atomic E-state index is 12.2. The molecule has 1 amide bonds. The van der Waals surface area contributed by atoms with Crippen LogP contribution in [0.5, 0.6) is 0 Å². The number of nitrogens with zero attached hydrogens (tertiary/aromatic N) is 2. The number of nitrogens with two attached hydrogens (primary N) is 1. The van der Waals surface area contributed by atoms with Gasteiger partial charge in [-0.3, -0.25) is 10.1 Å². The molecule has 3 N–H and O–H groups in total. The molecule has 0 aliphatic heterocycles. The Kier molecular flexibility index (Phi) is 3.84. The summed E-state index contributed by atoms with van der Waals surface area (Å²) in [5.41, 5.74) is 8.83. The van der Waals surface area contributed by atoms with Gasteiger partial charge in [0.15, 0.2) is 0 Å². The molecule has 3 rings (SSSR count). The number of amides is 1. The number of carbonyl (C=O) groups excluding carboxylic acids is 1. The third-order valence-electron chi connectivity index (χ3n) is 3.19. The Morgan fingerprint density at radius 3 is 2.55 bits per heavy atom. The van der Waals surface area contributed by atoms with E-state index in [9.17, 15) is 4.79 Å². The summed E-state index contributed by atoms with van der Waals surface area (Å²) in [4.78, 5) is 12.2. The maximum atomic E-state index is 12.2. The normalized spacial score (nSPS) is 10.4. The molecular weight excluding hydrogens is 296 g/mol. The number of nitrogens with one attached hydrogen (secondary N) is 1. The minimum Gasteiger partial charge on any atom is -0.399 e. The predicted molar refractivity (Wildman–Crippen MR) is 88.9 cm³/mol. The monoisotopic (exact) mass is 310 g/mol. The van der Waals surface area contributed by atoms with Crippen LogP contribution in [0.1, 0.15) is 15.9 Å². The molecule has 0 bridgehead atoms. The quantitative estimate of drug-likeness (QED) is 0.727. The number of benzene rings is 2. The summed E-state index contributed by atoms with van der Waals surface area (Å²) in [7, 11) is 0. The molecule has 1 heterocycles. The molecule has 0 aliphatic rings. The number of hydrogen-bond acceptors (Lipinski definition) is 5. The van der Waals surface area contributed by atoms with E-state index < -0.39 is 0 Å². The van der Waals surface area contributed by atoms with Crippen LogP contribution in [0.2, 0.25) is 0 Å². The molecule has 0 spiro atoms. The highest BCUT2D eigenvalue weighted by atomic mass is 32.1. The Morgan fingerprint density at radius 1 is 1.09 bits per heavy atom. The van der Waals surface area contributed by atoms with Gasteiger partial charge in [0.2, 0.25) is 5.13 Å². The molecule has 0 radical (unpaired) electrons. The first kappa shape index (κ1) is 14.2. The number of hydrogen-bond donors (Lipinski definition) is 2. The predicted octanol–water partition coefficient (Wildman–Crippen LogP) is 3.35. The highest BCUT2D eigenvalue weighted by molar-refractivity contribution is 7.18. The standard InChI is InChI=1S/C16H14N4OS/c1-10-4-2-3-5-13(10)14(21)18-16-20-19-15(22-16)11-6-8-12(17)9-7-11/h2-9H,17H2,1H3,(H,18,20,21). The molecule has 5 nitrogen and oxygen atoms in total. The summed E-state index contributed by atoms with van der Waals surface area (Å²) >= 11 is 1.33. The van der Waals surface area contributed by atoms with Gasteiger partial charge in [-0.25, -0.2) is 0 Å². The molecule has 3 aromatic rings. The zero-order valence-electron chi connectivity index (χ0n) is 11.9. The van der Waals surface area contributed by atoms with E-state index in [2.05, 4.69) is 15.5 Å². The van der Waals surface area contributed by atoms with Crippen LogP contribution in [0, 0.1) is 6.92 Å². The van der Waals surface area contributed by atoms with Crippen LogP contribution >= 0.6 is 11.3 Å². The molecule has 0 unspecified atom stereocenters. The molecule has 110 valence electrons. The van der Waals surface area contributed by atoms with Gasteiger partial charge in [0.05, 0.1) is 0 Å². The maximum Gasteiger partial charge on any atom is 0.257 e. The van der Waals surface area contributed by atoms with E-state index in [1.54, 1.807) is 6.07 Å². The average Bonchev–Trinajstić information content (AvgIpc) is 2.97. The molecule has 0 aliphatic carbocycles. The van der Waals surface area contributed by atoms with Crippen molar-refractivity contribution in [1.29, 1.82) is 0 Å². The van der Waals surface area contributed by atoms with Crippen molar-refractivity contribution in [3.8, 4) is 10.6 Å². The lowest BCUT2D eigenvalue weighted by atomic mass is 10.1. The minimum atomic E-state index is -0.182. The lowest BCUT2D eigenvalue weighted by Gasteiger charge is -2.03. The van der Waals surface area contributed by atoms with Gasteiger partial charge in [0.25, 0.3) is 5.91 Å². The highest BCUT2D eigenvalue weighted by Crippen LogP contribution is 2.27. The van der Waals surface area contributed by atoms with Crippen LogP contribution in [0.4, 0.5) is 10.8 Å². The first-order valence-corrected chi connectivity index (χ1v) is 7.51. The summed E-state index contributed by atoms with van der Waals surface area (Å²) in [6.07, 6.45) is 0. The van der Waals surface area contributed by atoms with Crippen LogP contribution in [0.3, 0.4) is 0 Å². The van der Waals surface area contributed by atoms with Crippen LogP contribution in [-0.4, -0.2) is 16.1 Å². The van der Waals surface area contributed by atoms with Crippen molar-refractivity contribution in [2.45, 2.75) is 6.92 Å². The molecule has 1 aromatic heterocycles. The van der Waals surface area contributed by atoms with Gasteiger partial charge >= 0.3 is 0 Å². The van der Waals surface area contributed by atoms with Gasteiger partial charge in [-0.2, -0.15) is 0 Å². The Morgan fingerprint density at radius 2 is 1.82 bits per heavy atom. The summed E-state index contributed by atoms with van der Waals surface area (Å²) in [6, 6.07) is 14.8. The second-order valence-electron chi connectivity index (χ2n) is 4.80. The number of carbonyl (C=O) groups is 1. The summed E-state index contributed by atoms with van der Waals surface area (Å²) in [5, 5.41) is 12.1. The number of rotatable bonds is 3. The van der Waals surface area contributed by atoms with Gasteiger partial charge in [-0.15, -0.1) is 10.2 Å². The van der Waals surface area contributed by atoms with Crippen LogP contribution in [0.25, 0.3) is 10.6 Å².